The van der Waals surface area contributed by atoms with Crippen LogP contribution in [0.25, 0.3) is 0 Å². The minimum atomic E-state index is -4.47. The predicted octanol–water partition coefficient (Wildman–Crippen LogP) is 3.84. The van der Waals surface area contributed by atoms with E-state index >= 15 is 0 Å². The summed E-state index contributed by atoms with van der Waals surface area (Å²) < 4.78 is 43.4. The van der Waals surface area contributed by atoms with Crippen LogP contribution in [0, 0.1) is 5.92 Å². The third-order valence-corrected chi connectivity index (χ3v) is 4.31. The lowest BCUT2D eigenvalue weighted by Crippen LogP contribution is -2.36. The minimum absolute atomic E-state index is 0.00361. The van der Waals surface area contributed by atoms with Gasteiger partial charge in [-0.25, -0.2) is 15.0 Å². The van der Waals surface area contributed by atoms with Crippen molar-refractivity contribution in [2.75, 3.05) is 24.6 Å². The summed E-state index contributed by atoms with van der Waals surface area (Å²) in [6, 6.07) is 3.66. The summed E-state index contributed by atoms with van der Waals surface area (Å²) >= 11 is 6.10. The van der Waals surface area contributed by atoms with E-state index in [-0.39, 0.29) is 11.8 Å². The lowest BCUT2D eigenvalue weighted by atomic mass is 9.98. The smallest absolute Gasteiger partial charge is 0.433 e. The second-order valence-corrected chi connectivity index (χ2v) is 6.20. The zero-order valence-corrected chi connectivity index (χ0v) is 14.0. The van der Waals surface area contributed by atoms with Crippen LogP contribution in [-0.2, 0) is 6.18 Å². The van der Waals surface area contributed by atoms with Gasteiger partial charge < -0.3 is 9.64 Å². The molecule has 9 heteroatoms. The Balaban J connectivity index is 1.52. The van der Waals surface area contributed by atoms with Gasteiger partial charge in [-0.3, -0.25) is 0 Å². The summed E-state index contributed by atoms with van der Waals surface area (Å²) in [6.45, 7) is 1.83. The van der Waals surface area contributed by atoms with E-state index < -0.39 is 11.9 Å². The molecule has 1 aliphatic heterocycles. The molecule has 134 valence electrons. The zero-order chi connectivity index (χ0) is 17.9. The van der Waals surface area contributed by atoms with Gasteiger partial charge in [-0.2, -0.15) is 13.2 Å². The van der Waals surface area contributed by atoms with Crippen molar-refractivity contribution in [2.24, 2.45) is 5.92 Å². The first kappa shape index (κ1) is 17.7. The molecular formula is C16H16ClF3N4O. The van der Waals surface area contributed by atoms with E-state index in [2.05, 4.69) is 19.9 Å². The van der Waals surface area contributed by atoms with Crippen molar-refractivity contribution < 1.29 is 17.9 Å². The number of halogens is 4. The number of hydrogen-bond acceptors (Lipinski definition) is 5. The molecule has 1 fully saturated rings. The Hall–Kier alpha value is -2.09. The molecule has 0 spiro atoms. The first-order chi connectivity index (χ1) is 11.9. The van der Waals surface area contributed by atoms with Crippen molar-refractivity contribution in [3.05, 3.63) is 41.4 Å². The Kier molecular flexibility index (Phi) is 5.27. The van der Waals surface area contributed by atoms with Crippen molar-refractivity contribution in [2.45, 2.75) is 19.0 Å². The molecule has 0 bridgehead atoms. The molecule has 0 aromatic carbocycles. The van der Waals surface area contributed by atoms with Gasteiger partial charge in [0.05, 0.1) is 12.8 Å². The number of nitrogens with zero attached hydrogens (tertiary/aromatic N) is 4. The number of rotatable bonds is 4. The molecule has 0 saturated carbocycles. The van der Waals surface area contributed by atoms with Crippen LogP contribution < -0.4 is 9.64 Å². The number of alkyl halides is 3. The quantitative estimate of drug-likeness (QED) is 0.816. The van der Waals surface area contributed by atoms with Gasteiger partial charge in [-0.1, -0.05) is 17.7 Å². The van der Waals surface area contributed by atoms with Crippen LogP contribution in [-0.4, -0.2) is 34.6 Å². The van der Waals surface area contributed by atoms with Gasteiger partial charge in [0.2, 0.25) is 5.88 Å². The molecule has 2 aromatic heterocycles. The maximum atomic E-state index is 12.7. The summed E-state index contributed by atoms with van der Waals surface area (Å²) in [5.74, 6) is 0.944. The molecule has 2 aromatic rings. The number of hydrogen-bond donors (Lipinski definition) is 0. The van der Waals surface area contributed by atoms with Crippen molar-refractivity contribution >= 4 is 17.4 Å². The maximum Gasteiger partial charge on any atom is 0.433 e. The minimum Gasteiger partial charge on any atom is -0.477 e. The molecular weight excluding hydrogens is 357 g/mol. The van der Waals surface area contributed by atoms with E-state index in [0.717, 1.165) is 32.0 Å². The Morgan fingerprint density at radius 1 is 1.24 bits per heavy atom. The first-order valence-electron chi connectivity index (χ1n) is 7.81. The molecule has 25 heavy (non-hydrogen) atoms. The largest absolute Gasteiger partial charge is 0.477 e. The van der Waals surface area contributed by atoms with Gasteiger partial charge in [-0.15, -0.1) is 0 Å². The zero-order valence-electron chi connectivity index (χ0n) is 13.2. The molecule has 0 amide bonds. The summed E-state index contributed by atoms with van der Waals surface area (Å²) in [7, 11) is 0. The van der Waals surface area contributed by atoms with Gasteiger partial charge in [0.1, 0.15) is 17.0 Å². The number of pyridine rings is 1. The Bertz CT molecular complexity index is 721. The lowest BCUT2D eigenvalue weighted by molar-refractivity contribution is -0.141. The predicted molar refractivity (Wildman–Crippen MR) is 86.7 cm³/mol. The van der Waals surface area contributed by atoms with E-state index in [1.54, 1.807) is 6.20 Å². The van der Waals surface area contributed by atoms with E-state index in [0.29, 0.717) is 17.4 Å². The van der Waals surface area contributed by atoms with Gasteiger partial charge in [0.25, 0.3) is 0 Å². The highest BCUT2D eigenvalue weighted by Gasteiger charge is 2.32. The maximum absolute atomic E-state index is 12.7. The molecule has 0 N–H and O–H groups in total. The molecule has 0 atom stereocenters. The Morgan fingerprint density at radius 2 is 2.00 bits per heavy atom. The third kappa shape index (κ3) is 4.50. The van der Waals surface area contributed by atoms with Crippen molar-refractivity contribution in [1.82, 2.24) is 15.0 Å². The van der Waals surface area contributed by atoms with Crippen LogP contribution in [0.4, 0.5) is 19.0 Å². The van der Waals surface area contributed by atoms with Crippen LogP contribution in [0.15, 0.2) is 30.7 Å². The van der Waals surface area contributed by atoms with Gasteiger partial charge in [-0.05, 0) is 24.8 Å². The number of anilines is 1. The Morgan fingerprint density at radius 3 is 2.68 bits per heavy atom. The highest BCUT2D eigenvalue weighted by atomic mass is 35.5. The average molecular weight is 373 g/mol. The summed E-state index contributed by atoms with van der Waals surface area (Å²) in [4.78, 5) is 13.6. The molecule has 0 radical (unpaired) electrons. The van der Waals surface area contributed by atoms with Crippen LogP contribution in [0.2, 0.25) is 5.02 Å². The average Bonchev–Trinajstić information content (AvgIpc) is 2.60. The van der Waals surface area contributed by atoms with Gasteiger partial charge >= 0.3 is 6.18 Å². The molecule has 0 aliphatic carbocycles. The molecule has 3 heterocycles. The van der Waals surface area contributed by atoms with Crippen LogP contribution in [0.3, 0.4) is 0 Å². The second kappa shape index (κ2) is 7.43. The van der Waals surface area contributed by atoms with E-state index in [4.69, 9.17) is 16.3 Å². The van der Waals surface area contributed by atoms with E-state index in [1.807, 2.05) is 0 Å². The van der Waals surface area contributed by atoms with E-state index in [1.165, 1.54) is 18.5 Å². The van der Waals surface area contributed by atoms with Crippen molar-refractivity contribution in [3.63, 3.8) is 0 Å². The SMILES string of the molecule is FC(F)(F)c1cccc(OCC2CCN(c3ncncc3Cl)CC2)n1. The third-order valence-electron chi connectivity index (χ3n) is 4.04. The normalized spacial score (nSPS) is 16.1. The number of aromatic nitrogens is 3. The molecule has 5 nitrogen and oxygen atoms in total. The van der Waals surface area contributed by atoms with Crippen LogP contribution >= 0.6 is 11.6 Å². The topological polar surface area (TPSA) is 51.1 Å². The Labute approximate surface area is 147 Å². The number of ether oxygens (including phenoxy) is 1. The second-order valence-electron chi connectivity index (χ2n) is 5.79. The summed E-state index contributed by atoms with van der Waals surface area (Å²) in [5, 5.41) is 0.505. The van der Waals surface area contributed by atoms with E-state index in [9.17, 15) is 13.2 Å². The number of piperidine rings is 1. The monoisotopic (exact) mass is 372 g/mol. The van der Waals surface area contributed by atoms with Crippen molar-refractivity contribution in [1.29, 1.82) is 0 Å². The fourth-order valence-corrected chi connectivity index (χ4v) is 2.93. The summed E-state index contributed by atoms with van der Waals surface area (Å²) in [6.07, 6.45) is 0.203. The fraction of sp³-hybridized carbons (Fsp3) is 0.438. The van der Waals surface area contributed by atoms with Gasteiger partial charge in [0, 0.05) is 19.2 Å². The lowest BCUT2D eigenvalue weighted by Gasteiger charge is -2.32. The standard InChI is InChI=1S/C16H16ClF3N4O/c17-12-8-21-10-22-15(12)24-6-4-11(5-7-24)9-25-14-3-1-2-13(23-14)16(18,19)20/h1-3,8,10-11H,4-7,9H2. The van der Waals surface area contributed by atoms with Crippen LogP contribution in [0.1, 0.15) is 18.5 Å². The highest BCUT2D eigenvalue weighted by Crippen LogP contribution is 2.29. The molecule has 1 saturated heterocycles. The molecule has 0 unspecified atom stereocenters. The van der Waals surface area contributed by atoms with Gasteiger partial charge in [0.15, 0.2) is 5.82 Å². The van der Waals surface area contributed by atoms with Crippen LogP contribution in [0.5, 0.6) is 5.88 Å². The molecule has 1 aliphatic rings. The van der Waals surface area contributed by atoms with Crippen molar-refractivity contribution in [3.8, 4) is 5.88 Å². The first-order valence-corrected chi connectivity index (χ1v) is 8.19. The highest BCUT2D eigenvalue weighted by molar-refractivity contribution is 6.32. The fourth-order valence-electron chi connectivity index (χ4n) is 2.71. The molecule has 3 rings (SSSR count). The summed E-state index contributed by atoms with van der Waals surface area (Å²) in [5.41, 5.74) is -0.946.